The molecule has 1 aromatic heterocycles. The first-order valence-corrected chi connectivity index (χ1v) is 36.4. The lowest BCUT2D eigenvalue weighted by Crippen LogP contribution is -2.64. The molecule has 15 atom stereocenters. The summed E-state index contributed by atoms with van der Waals surface area (Å²) in [5, 5.41) is 76.7. The van der Waals surface area contributed by atoms with E-state index in [-0.39, 0.29) is 12.8 Å². The molecule has 1 fully saturated rings. The molecule has 1 aliphatic heterocycles. The van der Waals surface area contributed by atoms with Gasteiger partial charge in [0.1, 0.15) is 72.6 Å². The summed E-state index contributed by atoms with van der Waals surface area (Å²) < 4.78 is 10.5. The Morgan fingerprint density at radius 3 is 1.74 bits per heavy atom. The molecular weight excluding hydrogens is 1530 g/mol. The molecular formula is C70H103N17O28. The summed E-state index contributed by atoms with van der Waals surface area (Å²) >= 11 is 0. The van der Waals surface area contributed by atoms with Crippen LogP contribution in [0.4, 0.5) is 0 Å². The number of ether oxygens (including phenoxy) is 2. The number of methoxy groups -OCH3 is 1. The normalized spacial score (nSPS) is 21.9. The van der Waals surface area contributed by atoms with E-state index in [1.54, 1.807) is 30.5 Å². The number of aliphatic hydroxyl groups is 1. The average Bonchev–Trinajstić information content (AvgIpc) is 1.81. The second-order valence-electron chi connectivity index (χ2n) is 27.7. The van der Waals surface area contributed by atoms with Gasteiger partial charge in [-0.3, -0.25) is 91.1 Å². The van der Waals surface area contributed by atoms with Crippen molar-refractivity contribution in [3.8, 4) is 0 Å². The number of aliphatic hydroxyl groups excluding tert-OH is 1. The lowest BCUT2D eigenvalue weighted by Gasteiger charge is -2.32. The summed E-state index contributed by atoms with van der Waals surface area (Å²) in [5.41, 5.74) is 17.3. The molecule has 2 aromatic rings. The van der Waals surface area contributed by atoms with E-state index in [0.29, 0.717) is 40.1 Å². The predicted molar refractivity (Wildman–Crippen MR) is 394 cm³/mol. The summed E-state index contributed by atoms with van der Waals surface area (Å²) in [7, 11) is 1.60. The maximum atomic E-state index is 14.9. The Morgan fingerprint density at radius 2 is 1.17 bits per heavy atom. The fourth-order valence-corrected chi connectivity index (χ4v) is 11.4. The smallest absolute Gasteiger partial charge is 0.335 e. The molecule has 2 heterocycles. The highest BCUT2D eigenvalue weighted by Gasteiger charge is 2.44. The van der Waals surface area contributed by atoms with Crippen molar-refractivity contribution >= 4 is 135 Å². The Bertz CT molecular complexity index is 3910. The van der Waals surface area contributed by atoms with Gasteiger partial charge >= 0.3 is 29.8 Å². The van der Waals surface area contributed by atoms with Crippen LogP contribution in [-0.4, -0.2) is 272 Å². The summed E-state index contributed by atoms with van der Waals surface area (Å²) in [6, 6.07) is -16.6. The van der Waals surface area contributed by atoms with Crippen LogP contribution in [0.2, 0.25) is 0 Å². The molecule has 0 saturated carbocycles. The molecule has 636 valence electrons. The first-order chi connectivity index (χ1) is 53.9. The summed E-state index contributed by atoms with van der Waals surface area (Å²) in [5.74, 6) is -31.7. The molecule has 1 aliphatic rings. The molecule has 0 bridgehead atoms. The molecule has 45 heteroatoms. The first-order valence-electron chi connectivity index (χ1n) is 36.4. The van der Waals surface area contributed by atoms with E-state index in [1.807, 2.05) is 31.9 Å². The Labute approximate surface area is 657 Å². The monoisotopic (exact) mass is 1630 g/mol. The van der Waals surface area contributed by atoms with Crippen LogP contribution in [0, 0.1) is 11.8 Å². The first kappa shape index (κ1) is 96.7. The number of carboxylic acids is 4. The number of esters is 1. The number of carbonyl (C=O) groups is 21. The number of primary amides is 3. The highest BCUT2D eigenvalue weighted by Crippen LogP contribution is 2.21. The zero-order valence-electron chi connectivity index (χ0n) is 64.5. The zero-order valence-corrected chi connectivity index (χ0v) is 64.5. The van der Waals surface area contributed by atoms with Crippen LogP contribution in [0.15, 0.2) is 30.5 Å². The molecule has 115 heavy (non-hydrogen) atoms. The number of aliphatic carboxylic acids is 4. The van der Waals surface area contributed by atoms with Gasteiger partial charge < -0.3 is 126 Å². The van der Waals surface area contributed by atoms with Crippen molar-refractivity contribution in [3.63, 3.8) is 0 Å². The molecule has 16 amide bonds. The number of hydrogen-bond donors (Lipinski definition) is 21. The van der Waals surface area contributed by atoms with Gasteiger partial charge in [-0.15, -0.1) is 0 Å². The zero-order chi connectivity index (χ0) is 86.8. The molecule has 24 N–H and O–H groups in total. The number of nitrogens with one attached hydrogen (secondary N) is 13. The van der Waals surface area contributed by atoms with Gasteiger partial charge in [-0.2, -0.15) is 0 Å². The largest absolute Gasteiger partial charge is 0.481 e. The maximum absolute atomic E-state index is 14.9. The number of likely N-dealkylation sites (N-methyl/N-ethyl adjacent to an activating group) is 1. The van der Waals surface area contributed by atoms with Crippen LogP contribution >= 0.6 is 0 Å². The van der Waals surface area contributed by atoms with E-state index in [1.165, 1.54) is 13.8 Å². The van der Waals surface area contributed by atoms with Crippen molar-refractivity contribution in [1.82, 2.24) is 73.7 Å². The van der Waals surface area contributed by atoms with Crippen LogP contribution < -0.4 is 81.0 Å². The number of aromatic amines is 1. The number of rotatable bonds is 35. The minimum absolute atomic E-state index is 0.0340. The number of H-pyrrole nitrogens is 1. The summed E-state index contributed by atoms with van der Waals surface area (Å²) in [4.78, 5) is 288. The van der Waals surface area contributed by atoms with Crippen LogP contribution in [-0.2, 0) is 117 Å². The number of carbonyl (C=O) groups excluding carboxylic acids is 17. The second kappa shape index (κ2) is 47.2. The van der Waals surface area contributed by atoms with Crippen molar-refractivity contribution in [3.05, 3.63) is 36.0 Å². The van der Waals surface area contributed by atoms with Gasteiger partial charge in [-0.05, 0) is 56.6 Å². The SMILES string of the molecule is CCC(C)CCCCCCC(=O)NC(Cc1c[nH]c2ccccc12)C(=O)NC(CCC(=O)O)C(=O)NC(C(=O)NC1C(=O)N(C)CC(=O)NC(C)C(=O)NC(CC(=O)O)C(=O)NC(CC(N)=O)C(=O)NC(C(OC)C(=O)O)C(=O)NCC(=O)NC(CC(N)=O)C(=O)NC(CCC(=O)O)C(=O)NC(C(C)C)C(=O)OC1C)C(O)C(N)=O. The molecule has 15 unspecified atom stereocenters. The molecule has 0 aliphatic carbocycles. The van der Waals surface area contributed by atoms with Crippen molar-refractivity contribution in [1.29, 1.82) is 0 Å². The van der Waals surface area contributed by atoms with Crippen LogP contribution in [0.5, 0.6) is 0 Å². The number of amides is 16. The number of fused-ring (bicyclic) bond motifs is 1. The highest BCUT2D eigenvalue weighted by molar-refractivity contribution is 6.03. The molecule has 45 nitrogen and oxygen atoms in total. The number of unbranched alkanes of at least 4 members (excludes halogenated alkanes) is 3. The fraction of sp³-hybridized carbons (Fsp3) is 0.586. The van der Waals surface area contributed by atoms with Gasteiger partial charge in [0.05, 0.1) is 32.4 Å². The van der Waals surface area contributed by atoms with E-state index >= 15 is 0 Å². The average molecular weight is 1630 g/mol. The van der Waals surface area contributed by atoms with Gasteiger partial charge in [-0.1, -0.05) is 78.0 Å². The number of aromatic nitrogens is 1. The van der Waals surface area contributed by atoms with Crippen LogP contribution in [0.1, 0.15) is 137 Å². The number of nitrogens with two attached hydrogens (primary N) is 3. The lowest BCUT2D eigenvalue weighted by molar-refractivity contribution is -0.159. The Morgan fingerprint density at radius 1 is 0.609 bits per heavy atom. The molecule has 0 spiro atoms. The predicted octanol–water partition coefficient (Wildman–Crippen LogP) is -7.47. The van der Waals surface area contributed by atoms with E-state index in [4.69, 9.17) is 26.7 Å². The third kappa shape index (κ3) is 32.7. The van der Waals surface area contributed by atoms with E-state index < -0.39 is 273 Å². The molecule has 1 aromatic carbocycles. The summed E-state index contributed by atoms with van der Waals surface area (Å²) in [6.45, 7) is 6.18. The number of carboxylic acid groups (broad SMARTS) is 4. The number of nitrogens with zero attached hydrogens (tertiary/aromatic N) is 1. The molecule has 3 rings (SSSR count). The Hall–Kier alpha value is -12.4. The van der Waals surface area contributed by atoms with Crippen molar-refractivity contribution < 1.29 is 136 Å². The lowest BCUT2D eigenvalue weighted by atomic mass is 10.00. The van der Waals surface area contributed by atoms with Crippen LogP contribution in [0.3, 0.4) is 0 Å². The van der Waals surface area contributed by atoms with E-state index in [9.17, 15) is 126 Å². The quantitative estimate of drug-likeness (QED) is 0.0225. The number of hydrogen-bond acceptors (Lipinski definition) is 24. The topological polar surface area (TPSA) is 720 Å². The second-order valence-corrected chi connectivity index (χ2v) is 27.7. The molecule has 0 radical (unpaired) electrons. The van der Waals surface area contributed by atoms with Crippen molar-refractivity contribution in [2.45, 2.75) is 223 Å². The maximum Gasteiger partial charge on any atom is 0.335 e. The Balaban J connectivity index is 2.25. The van der Waals surface area contributed by atoms with Gasteiger partial charge in [0, 0.05) is 56.9 Å². The highest BCUT2D eigenvalue weighted by atomic mass is 16.5. The standard InChI is InChI=1S/C70H103N17O28/c1-9-32(4)16-12-10-11-13-19-46(90)77-40(24-35-28-74-37-18-15-14-17-36(35)37)62(104)79-39(21-23-50(95)96)61(103)85-54(56(99)58(73)100)67(109)84-53-34(6)115-70(113)52(31(2)3)83-60(102)38(20-22-49(93)94)80-63(105)41(25-44(71)88)78-47(91)29-75-66(108)55(57(114-8)69(111)112)86-65(107)42(26-45(72)89)82-64(106)43(27-51(97)98)81-59(101)33(5)76-48(92)30-87(7)68(53)110/h14-15,17-18,28,31-34,38-43,52-57,74,99H,9-13,16,19-27,29-30H2,1-8H3,(H2,71,88)(H2,72,89)(H2,73,100)(H,75,108)(H,76,92)(H,77,90)(H,78,91)(H,79,104)(H,80,105)(H,81,101)(H,82,106)(H,83,102)(H,84,109)(H,85,103)(H,86,107)(H,93,94)(H,95,96)(H,97,98)(H,111,112). The third-order valence-electron chi connectivity index (χ3n) is 18.0. The van der Waals surface area contributed by atoms with Crippen LogP contribution in [0.25, 0.3) is 10.9 Å². The summed E-state index contributed by atoms with van der Waals surface area (Å²) in [6.07, 6.45) is -8.28. The van der Waals surface area contributed by atoms with Gasteiger partial charge in [0.15, 0.2) is 12.2 Å². The van der Waals surface area contributed by atoms with Crippen molar-refractivity contribution in [2.24, 2.45) is 29.0 Å². The minimum Gasteiger partial charge on any atom is -0.481 e. The Kier molecular flexibility index (Phi) is 39.7. The van der Waals surface area contributed by atoms with Gasteiger partial charge in [0.2, 0.25) is 94.5 Å². The van der Waals surface area contributed by atoms with Gasteiger partial charge in [0.25, 0.3) is 0 Å². The third-order valence-corrected chi connectivity index (χ3v) is 18.0. The minimum atomic E-state index is -2.82. The van der Waals surface area contributed by atoms with E-state index in [0.717, 1.165) is 53.7 Å². The number of benzene rings is 1. The van der Waals surface area contributed by atoms with Crippen molar-refractivity contribution in [2.75, 3.05) is 27.2 Å². The number of cyclic esters (lactones) is 1. The molecule has 1 saturated heterocycles. The fourth-order valence-electron chi connectivity index (χ4n) is 11.4. The van der Waals surface area contributed by atoms with E-state index in [2.05, 4.69) is 50.7 Å². The number of para-hydroxylation sites is 1. The van der Waals surface area contributed by atoms with Gasteiger partial charge in [-0.25, -0.2) is 9.59 Å².